The van der Waals surface area contributed by atoms with Gasteiger partial charge in [0.05, 0.1) is 26.4 Å². The normalized spacial score (nSPS) is 19.3. The van der Waals surface area contributed by atoms with Gasteiger partial charge >= 0.3 is 0 Å². The molecule has 8 heteroatoms. The van der Waals surface area contributed by atoms with Crippen LogP contribution in [-0.4, -0.2) is 50.1 Å². The summed E-state index contributed by atoms with van der Waals surface area (Å²) in [5, 5.41) is 6.67. The van der Waals surface area contributed by atoms with Crippen molar-refractivity contribution < 1.29 is 28.3 Å². The van der Waals surface area contributed by atoms with Gasteiger partial charge in [-0.2, -0.15) is 0 Å². The largest absolute Gasteiger partial charge is 0.497 e. The summed E-state index contributed by atoms with van der Waals surface area (Å²) >= 11 is 0. The van der Waals surface area contributed by atoms with E-state index in [2.05, 4.69) is 10.5 Å². The smallest absolute Gasteiger partial charge is 0.273 e. The minimum Gasteiger partial charge on any atom is -0.497 e. The highest BCUT2D eigenvalue weighted by Crippen LogP contribution is 2.20. The first-order valence-corrected chi connectivity index (χ1v) is 8.42. The van der Waals surface area contributed by atoms with Crippen molar-refractivity contribution in [3.63, 3.8) is 0 Å². The predicted octanol–water partition coefficient (Wildman–Crippen LogP) is 1.80. The van der Waals surface area contributed by atoms with Crippen LogP contribution in [0.5, 0.6) is 11.5 Å². The standard InChI is InChI=1S/C18H22N2O6/c1-3-24-17-11-23-10-16(17)19-18(21)15-8-14(26-20-15)9-25-13-6-4-5-12(7-13)22-2/h4-8,16-17H,3,9-11H2,1-2H3,(H,19,21)/t16-,17-/m1/s1. The zero-order valence-electron chi connectivity index (χ0n) is 14.8. The minimum atomic E-state index is -0.332. The van der Waals surface area contributed by atoms with Crippen LogP contribution in [0.3, 0.4) is 0 Å². The molecule has 0 unspecified atom stereocenters. The summed E-state index contributed by atoms with van der Waals surface area (Å²) in [6, 6.07) is 8.58. The molecule has 1 aromatic heterocycles. The third-order valence-corrected chi connectivity index (χ3v) is 3.94. The molecule has 0 saturated carbocycles. The summed E-state index contributed by atoms with van der Waals surface area (Å²) in [5.74, 6) is 1.45. The summed E-state index contributed by atoms with van der Waals surface area (Å²) in [4.78, 5) is 12.3. The van der Waals surface area contributed by atoms with Crippen LogP contribution in [0.15, 0.2) is 34.9 Å². The van der Waals surface area contributed by atoms with Crippen LogP contribution in [0.1, 0.15) is 23.2 Å². The Labute approximate surface area is 151 Å². The molecule has 1 saturated heterocycles. The molecule has 3 rings (SSSR count). The fourth-order valence-corrected chi connectivity index (χ4v) is 2.62. The van der Waals surface area contributed by atoms with E-state index >= 15 is 0 Å². The summed E-state index contributed by atoms with van der Waals surface area (Å²) in [5.41, 5.74) is 0.191. The maximum atomic E-state index is 12.3. The van der Waals surface area contributed by atoms with Crippen molar-refractivity contribution in [2.75, 3.05) is 26.9 Å². The summed E-state index contributed by atoms with van der Waals surface area (Å²) < 4.78 is 26.8. The van der Waals surface area contributed by atoms with E-state index in [0.717, 1.165) is 0 Å². The van der Waals surface area contributed by atoms with Crippen LogP contribution in [0.25, 0.3) is 0 Å². The molecule has 1 N–H and O–H groups in total. The van der Waals surface area contributed by atoms with Crippen molar-refractivity contribution in [3.05, 3.63) is 41.8 Å². The zero-order valence-corrected chi connectivity index (χ0v) is 14.8. The van der Waals surface area contributed by atoms with Crippen LogP contribution >= 0.6 is 0 Å². The second-order valence-corrected chi connectivity index (χ2v) is 5.76. The average molecular weight is 362 g/mol. The SMILES string of the molecule is CCO[C@@H]1COC[C@H]1NC(=O)c1cc(COc2cccc(OC)c2)on1. The van der Waals surface area contributed by atoms with Crippen molar-refractivity contribution in [1.82, 2.24) is 10.5 Å². The Bertz CT molecular complexity index is 732. The third kappa shape index (κ3) is 4.53. The zero-order chi connectivity index (χ0) is 18.4. The monoisotopic (exact) mass is 362 g/mol. The second kappa shape index (κ2) is 8.68. The number of hydrogen-bond donors (Lipinski definition) is 1. The van der Waals surface area contributed by atoms with Crippen molar-refractivity contribution >= 4 is 5.91 Å². The molecule has 2 heterocycles. The van der Waals surface area contributed by atoms with Crippen LogP contribution in [0.2, 0.25) is 0 Å². The Morgan fingerprint density at radius 3 is 2.96 bits per heavy atom. The number of amides is 1. The predicted molar refractivity (Wildman–Crippen MR) is 91.3 cm³/mol. The Morgan fingerprint density at radius 1 is 1.31 bits per heavy atom. The van der Waals surface area contributed by atoms with E-state index < -0.39 is 0 Å². The van der Waals surface area contributed by atoms with Gasteiger partial charge in [-0.05, 0) is 19.1 Å². The Morgan fingerprint density at radius 2 is 2.15 bits per heavy atom. The molecule has 140 valence electrons. The van der Waals surface area contributed by atoms with Gasteiger partial charge in [0.25, 0.3) is 5.91 Å². The number of carbonyl (C=O) groups is 1. The number of rotatable bonds is 8. The van der Waals surface area contributed by atoms with Crippen LogP contribution in [0.4, 0.5) is 0 Å². The molecule has 1 amide bonds. The molecule has 8 nitrogen and oxygen atoms in total. The lowest BCUT2D eigenvalue weighted by atomic mass is 10.2. The van der Waals surface area contributed by atoms with E-state index in [-0.39, 0.29) is 30.4 Å². The third-order valence-electron chi connectivity index (χ3n) is 3.94. The molecule has 1 aromatic carbocycles. The minimum absolute atomic E-state index is 0.147. The number of ether oxygens (including phenoxy) is 4. The average Bonchev–Trinajstić information content (AvgIpc) is 3.30. The van der Waals surface area contributed by atoms with Gasteiger partial charge in [-0.15, -0.1) is 0 Å². The highest BCUT2D eigenvalue weighted by molar-refractivity contribution is 5.92. The lowest BCUT2D eigenvalue weighted by molar-refractivity contribution is 0.0401. The van der Waals surface area contributed by atoms with E-state index in [4.69, 9.17) is 23.5 Å². The van der Waals surface area contributed by atoms with Crippen LogP contribution in [-0.2, 0) is 16.1 Å². The maximum absolute atomic E-state index is 12.3. The molecule has 2 atom stereocenters. The molecule has 0 spiro atoms. The van der Waals surface area contributed by atoms with Crippen LogP contribution in [0, 0.1) is 0 Å². The highest BCUT2D eigenvalue weighted by Gasteiger charge is 2.31. The number of aromatic nitrogens is 1. The number of nitrogens with one attached hydrogen (secondary N) is 1. The number of hydrogen-bond acceptors (Lipinski definition) is 7. The van der Waals surface area contributed by atoms with Crippen molar-refractivity contribution in [3.8, 4) is 11.5 Å². The van der Waals surface area contributed by atoms with E-state index in [1.54, 1.807) is 25.3 Å². The second-order valence-electron chi connectivity index (χ2n) is 5.76. The number of carbonyl (C=O) groups excluding carboxylic acids is 1. The summed E-state index contributed by atoms with van der Waals surface area (Å²) in [6.07, 6.45) is -0.147. The lowest BCUT2D eigenvalue weighted by Crippen LogP contribution is -2.43. The Kier molecular flexibility index (Phi) is 6.08. The fraction of sp³-hybridized carbons (Fsp3) is 0.444. The summed E-state index contributed by atoms with van der Waals surface area (Å²) in [7, 11) is 1.59. The van der Waals surface area contributed by atoms with Gasteiger partial charge in [0.1, 0.15) is 24.2 Å². The Balaban J connectivity index is 1.54. The number of nitrogens with zero attached hydrogens (tertiary/aromatic N) is 1. The molecule has 1 aliphatic rings. The molecule has 1 fully saturated rings. The van der Waals surface area contributed by atoms with E-state index in [0.29, 0.717) is 37.1 Å². The van der Waals surface area contributed by atoms with Crippen molar-refractivity contribution in [2.45, 2.75) is 25.7 Å². The first kappa shape index (κ1) is 18.2. The van der Waals surface area contributed by atoms with Gasteiger partial charge in [0.15, 0.2) is 11.5 Å². The van der Waals surface area contributed by atoms with Crippen LogP contribution < -0.4 is 14.8 Å². The summed E-state index contributed by atoms with van der Waals surface area (Å²) in [6.45, 7) is 3.51. The first-order chi connectivity index (χ1) is 12.7. The van der Waals surface area contributed by atoms with Gasteiger partial charge in [-0.3, -0.25) is 4.79 Å². The van der Waals surface area contributed by atoms with Crippen molar-refractivity contribution in [2.24, 2.45) is 0 Å². The first-order valence-electron chi connectivity index (χ1n) is 8.42. The molecule has 2 aromatic rings. The molecule has 0 bridgehead atoms. The lowest BCUT2D eigenvalue weighted by Gasteiger charge is -2.17. The van der Waals surface area contributed by atoms with Gasteiger partial charge in [0.2, 0.25) is 0 Å². The van der Waals surface area contributed by atoms with Gasteiger partial charge in [-0.1, -0.05) is 11.2 Å². The van der Waals surface area contributed by atoms with Gasteiger partial charge in [-0.25, -0.2) is 0 Å². The highest BCUT2D eigenvalue weighted by atomic mass is 16.5. The van der Waals surface area contributed by atoms with Gasteiger partial charge in [0, 0.05) is 18.7 Å². The molecule has 0 aliphatic carbocycles. The van der Waals surface area contributed by atoms with Crippen molar-refractivity contribution in [1.29, 1.82) is 0 Å². The van der Waals surface area contributed by atoms with Gasteiger partial charge < -0.3 is 28.8 Å². The molecule has 1 aliphatic heterocycles. The van der Waals surface area contributed by atoms with E-state index in [1.165, 1.54) is 0 Å². The molecular weight excluding hydrogens is 340 g/mol. The number of methoxy groups -OCH3 is 1. The molecular formula is C18H22N2O6. The fourth-order valence-electron chi connectivity index (χ4n) is 2.62. The Hall–Kier alpha value is -2.58. The van der Waals surface area contributed by atoms with E-state index in [1.807, 2.05) is 19.1 Å². The topological polar surface area (TPSA) is 92.1 Å². The molecule has 26 heavy (non-hydrogen) atoms. The van der Waals surface area contributed by atoms with E-state index in [9.17, 15) is 4.79 Å². The number of benzene rings is 1. The maximum Gasteiger partial charge on any atom is 0.273 e. The molecule has 0 radical (unpaired) electrons. The quantitative estimate of drug-likeness (QED) is 0.765.